The van der Waals surface area contributed by atoms with Crippen molar-refractivity contribution in [3.8, 4) is 0 Å². The highest BCUT2D eigenvalue weighted by Gasteiger charge is 2.18. The third-order valence-corrected chi connectivity index (χ3v) is 3.95. The fourth-order valence-corrected chi connectivity index (χ4v) is 2.57. The zero-order valence-corrected chi connectivity index (χ0v) is 11.0. The van der Waals surface area contributed by atoms with E-state index in [2.05, 4.69) is 4.72 Å². The lowest BCUT2D eigenvalue weighted by atomic mass is 10.3. The summed E-state index contributed by atoms with van der Waals surface area (Å²) < 4.78 is 31.1. The Morgan fingerprint density at radius 1 is 1.35 bits per heavy atom. The second kappa shape index (κ2) is 5.31. The van der Waals surface area contributed by atoms with E-state index in [4.69, 9.17) is 10.2 Å². The minimum absolute atomic E-state index is 0.0513. The Balaban J connectivity index is 2.21. The SMILES string of the molecule is Nc1cc(S(=O)(=O)NCc2ccoc2)ccc1[N+](=O)[O-]. The van der Waals surface area contributed by atoms with E-state index in [0.717, 1.165) is 18.2 Å². The number of rotatable bonds is 5. The number of hydrogen-bond acceptors (Lipinski definition) is 6. The van der Waals surface area contributed by atoms with Gasteiger partial charge in [0.25, 0.3) is 5.69 Å². The number of nitrogen functional groups attached to an aromatic ring is 1. The number of nitrogens with two attached hydrogens (primary N) is 1. The van der Waals surface area contributed by atoms with E-state index in [0.29, 0.717) is 5.56 Å². The van der Waals surface area contributed by atoms with E-state index >= 15 is 0 Å². The normalized spacial score (nSPS) is 11.4. The van der Waals surface area contributed by atoms with E-state index in [1.807, 2.05) is 0 Å². The number of nitrogens with one attached hydrogen (secondary N) is 1. The van der Waals surface area contributed by atoms with Crippen LogP contribution in [0.1, 0.15) is 5.56 Å². The van der Waals surface area contributed by atoms with Crippen LogP contribution in [0.2, 0.25) is 0 Å². The van der Waals surface area contributed by atoms with Crippen LogP contribution in [0.5, 0.6) is 0 Å². The fourth-order valence-electron chi connectivity index (χ4n) is 1.52. The summed E-state index contributed by atoms with van der Waals surface area (Å²) in [6, 6.07) is 4.86. The Hall–Kier alpha value is -2.39. The lowest BCUT2D eigenvalue weighted by molar-refractivity contribution is -0.383. The van der Waals surface area contributed by atoms with Crippen LogP contribution in [0.15, 0.2) is 46.1 Å². The highest BCUT2D eigenvalue weighted by molar-refractivity contribution is 7.89. The molecule has 20 heavy (non-hydrogen) atoms. The van der Waals surface area contributed by atoms with Crippen molar-refractivity contribution in [2.24, 2.45) is 0 Å². The summed E-state index contributed by atoms with van der Waals surface area (Å²) in [4.78, 5) is 9.80. The van der Waals surface area contributed by atoms with Crippen molar-refractivity contribution < 1.29 is 17.8 Å². The molecule has 0 aliphatic heterocycles. The van der Waals surface area contributed by atoms with Gasteiger partial charge in [0.2, 0.25) is 10.0 Å². The summed E-state index contributed by atoms with van der Waals surface area (Å²) >= 11 is 0. The third kappa shape index (κ3) is 2.95. The van der Waals surface area contributed by atoms with E-state index in [-0.39, 0.29) is 22.8 Å². The summed E-state index contributed by atoms with van der Waals surface area (Å²) in [5, 5.41) is 10.6. The fraction of sp³-hybridized carbons (Fsp3) is 0.0909. The van der Waals surface area contributed by atoms with Gasteiger partial charge in [-0.3, -0.25) is 10.1 Å². The maximum absolute atomic E-state index is 12.0. The molecule has 0 radical (unpaired) electrons. The average molecular weight is 297 g/mol. The molecule has 0 bridgehead atoms. The first-order chi connectivity index (χ1) is 9.40. The monoisotopic (exact) mass is 297 g/mol. The number of hydrogen-bond donors (Lipinski definition) is 2. The quantitative estimate of drug-likeness (QED) is 0.485. The largest absolute Gasteiger partial charge is 0.472 e. The van der Waals surface area contributed by atoms with Gasteiger partial charge < -0.3 is 10.2 Å². The zero-order valence-electron chi connectivity index (χ0n) is 10.1. The molecule has 0 saturated heterocycles. The first-order valence-corrected chi connectivity index (χ1v) is 6.93. The molecule has 0 fully saturated rings. The molecule has 0 aliphatic rings. The first kappa shape index (κ1) is 14.0. The minimum Gasteiger partial charge on any atom is -0.472 e. The first-order valence-electron chi connectivity index (χ1n) is 5.45. The van der Waals surface area contributed by atoms with Crippen molar-refractivity contribution in [3.63, 3.8) is 0 Å². The number of nitro groups is 1. The lowest BCUT2D eigenvalue weighted by Crippen LogP contribution is -2.23. The van der Waals surface area contributed by atoms with Crippen molar-refractivity contribution in [1.29, 1.82) is 0 Å². The van der Waals surface area contributed by atoms with Crippen LogP contribution in [0.3, 0.4) is 0 Å². The summed E-state index contributed by atoms with van der Waals surface area (Å²) in [6.07, 6.45) is 2.83. The molecule has 0 amide bonds. The second-order valence-corrected chi connectivity index (χ2v) is 5.70. The van der Waals surface area contributed by atoms with Gasteiger partial charge in [0, 0.05) is 18.2 Å². The Bertz CT molecular complexity index is 725. The molecule has 0 saturated carbocycles. The predicted octanol–water partition coefficient (Wildman–Crippen LogP) is 1.25. The minimum atomic E-state index is -3.80. The molecule has 2 aromatic rings. The molecule has 106 valence electrons. The number of anilines is 1. The van der Waals surface area contributed by atoms with Crippen LogP contribution >= 0.6 is 0 Å². The molecule has 3 N–H and O–H groups in total. The summed E-state index contributed by atoms with van der Waals surface area (Å²) in [5.74, 6) is 0. The van der Waals surface area contributed by atoms with Crippen LogP contribution in [-0.4, -0.2) is 13.3 Å². The van der Waals surface area contributed by atoms with Crippen LogP contribution in [0.4, 0.5) is 11.4 Å². The van der Waals surface area contributed by atoms with Gasteiger partial charge >= 0.3 is 0 Å². The molecule has 8 nitrogen and oxygen atoms in total. The van der Waals surface area contributed by atoms with E-state index in [1.54, 1.807) is 6.07 Å². The maximum atomic E-state index is 12.0. The molecule has 1 aromatic carbocycles. The van der Waals surface area contributed by atoms with Crippen LogP contribution < -0.4 is 10.5 Å². The van der Waals surface area contributed by atoms with Gasteiger partial charge in [-0.15, -0.1) is 0 Å². The average Bonchev–Trinajstić information content (AvgIpc) is 2.89. The summed E-state index contributed by atoms with van der Waals surface area (Å²) in [7, 11) is -3.80. The second-order valence-electron chi connectivity index (χ2n) is 3.93. The predicted molar refractivity (Wildman–Crippen MR) is 70.2 cm³/mol. The summed E-state index contributed by atoms with van der Waals surface area (Å²) in [5.41, 5.74) is 5.58. The van der Waals surface area contributed by atoms with Gasteiger partial charge in [0.1, 0.15) is 5.69 Å². The molecule has 0 atom stereocenters. The molecule has 9 heteroatoms. The Kier molecular flexibility index (Phi) is 3.72. The van der Waals surface area contributed by atoms with Crippen LogP contribution in [-0.2, 0) is 16.6 Å². The Labute approximate surface area is 114 Å². The zero-order chi connectivity index (χ0) is 14.8. The van der Waals surface area contributed by atoms with Crippen LogP contribution in [0, 0.1) is 10.1 Å². The van der Waals surface area contributed by atoms with Gasteiger partial charge in [-0.05, 0) is 18.2 Å². The van der Waals surface area contributed by atoms with Gasteiger partial charge in [0.05, 0.1) is 22.3 Å². The molecule has 1 aromatic heterocycles. The molecule has 2 rings (SSSR count). The Morgan fingerprint density at radius 3 is 2.65 bits per heavy atom. The van der Waals surface area contributed by atoms with E-state index in [1.165, 1.54) is 12.5 Å². The molecule has 1 heterocycles. The van der Waals surface area contributed by atoms with Gasteiger partial charge in [-0.1, -0.05) is 0 Å². The van der Waals surface area contributed by atoms with E-state index < -0.39 is 14.9 Å². The van der Waals surface area contributed by atoms with Crippen LogP contribution in [0.25, 0.3) is 0 Å². The Morgan fingerprint density at radius 2 is 2.10 bits per heavy atom. The van der Waals surface area contributed by atoms with Crippen molar-refractivity contribution in [1.82, 2.24) is 4.72 Å². The molecule has 0 unspecified atom stereocenters. The summed E-state index contributed by atoms with van der Waals surface area (Å²) in [6.45, 7) is 0.0513. The van der Waals surface area contributed by atoms with Crippen molar-refractivity contribution in [2.45, 2.75) is 11.4 Å². The van der Waals surface area contributed by atoms with Crippen molar-refractivity contribution in [3.05, 3.63) is 52.5 Å². The highest BCUT2D eigenvalue weighted by atomic mass is 32.2. The smallest absolute Gasteiger partial charge is 0.292 e. The molecular formula is C11H11N3O5S. The van der Waals surface area contributed by atoms with Gasteiger partial charge in [-0.2, -0.15) is 0 Å². The number of benzene rings is 1. The van der Waals surface area contributed by atoms with Gasteiger partial charge in [-0.25, -0.2) is 13.1 Å². The number of sulfonamides is 1. The van der Waals surface area contributed by atoms with Crippen molar-refractivity contribution in [2.75, 3.05) is 5.73 Å². The van der Waals surface area contributed by atoms with Crippen molar-refractivity contribution >= 4 is 21.4 Å². The number of nitro benzene ring substituents is 1. The van der Waals surface area contributed by atoms with E-state index in [9.17, 15) is 18.5 Å². The molecule has 0 aliphatic carbocycles. The number of furan rings is 1. The topological polar surface area (TPSA) is 128 Å². The highest BCUT2D eigenvalue weighted by Crippen LogP contribution is 2.24. The standard InChI is InChI=1S/C11H11N3O5S/c12-10-5-9(1-2-11(10)14(15)16)20(17,18)13-6-8-3-4-19-7-8/h1-5,7,13H,6,12H2. The third-order valence-electron chi connectivity index (χ3n) is 2.55. The lowest BCUT2D eigenvalue weighted by Gasteiger charge is -2.06. The maximum Gasteiger partial charge on any atom is 0.292 e. The number of nitrogens with zero attached hydrogens (tertiary/aromatic N) is 1. The molecule has 0 spiro atoms. The van der Waals surface area contributed by atoms with Gasteiger partial charge in [0.15, 0.2) is 0 Å². The molecular weight excluding hydrogens is 286 g/mol.